The average Bonchev–Trinajstić information content (AvgIpc) is 3.05. The molecule has 2 rings (SSSR count). The van der Waals surface area contributed by atoms with Crippen LogP contribution in [0.4, 0.5) is 14.5 Å². The lowest BCUT2D eigenvalue weighted by atomic mass is 10.1. The number of benzene rings is 1. The number of rotatable bonds is 5. The molecule has 1 amide bonds. The first-order chi connectivity index (χ1) is 8.47. The Balaban J connectivity index is 2.15. The first-order valence-corrected chi connectivity index (χ1v) is 6.02. The van der Waals surface area contributed by atoms with E-state index in [4.69, 9.17) is 5.73 Å². The Labute approximate surface area is 104 Å². The molecule has 0 heterocycles. The van der Waals surface area contributed by atoms with E-state index in [1.54, 1.807) is 0 Å². The zero-order valence-corrected chi connectivity index (χ0v) is 10.2. The molecule has 3 nitrogen and oxygen atoms in total. The number of nitrogens with one attached hydrogen (secondary N) is 1. The van der Waals surface area contributed by atoms with Crippen LogP contribution in [-0.4, -0.2) is 11.9 Å². The van der Waals surface area contributed by atoms with Gasteiger partial charge in [0.05, 0.1) is 11.3 Å². The van der Waals surface area contributed by atoms with Crippen molar-refractivity contribution in [2.75, 3.05) is 5.32 Å². The molecule has 1 aromatic rings. The molecule has 1 unspecified atom stereocenters. The summed E-state index contributed by atoms with van der Waals surface area (Å²) in [5, 5.41) is 2.95. The smallest absolute Gasteiger partial charge is 0.251 e. The van der Waals surface area contributed by atoms with Crippen LogP contribution in [0, 0.1) is 17.6 Å². The van der Waals surface area contributed by atoms with Gasteiger partial charge in [0.15, 0.2) is 0 Å². The topological polar surface area (TPSA) is 55.1 Å². The lowest BCUT2D eigenvalue weighted by Gasteiger charge is -2.16. The molecule has 0 radical (unpaired) electrons. The molecule has 0 spiro atoms. The molecule has 3 N–H and O–H groups in total. The Hall–Kier alpha value is -1.65. The number of halogens is 2. The molecule has 1 fully saturated rings. The fraction of sp³-hybridized carbons (Fsp3) is 0.462. The Morgan fingerprint density at radius 3 is 2.67 bits per heavy atom. The van der Waals surface area contributed by atoms with Gasteiger partial charge in [-0.1, -0.05) is 12.8 Å². The van der Waals surface area contributed by atoms with Crippen molar-refractivity contribution in [2.24, 2.45) is 11.7 Å². The van der Waals surface area contributed by atoms with Gasteiger partial charge in [0, 0.05) is 12.1 Å². The van der Waals surface area contributed by atoms with Gasteiger partial charge < -0.3 is 11.1 Å². The van der Waals surface area contributed by atoms with Gasteiger partial charge in [-0.25, -0.2) is 8.78 Å². The van der Waals surface area contributed by atoms with Crippen molar-refractivity contribution in [1.82, 2.24) is 0 Å². The first-order valence-electron chi connectivity index (χ1n) is 6.02. The molecular weight excluding hydrogens is 238 g/mol. The number of nitrogens with two attached hydrogens (primary N) is 1. The van der Waals surface area contributed by atoms with Gasteiger partial charge in [0.2, 0.25) is 0 Å². The van der Waals surface area contributed by atoms with Crippen LogP contribution in [0.5, 0.6) is 0 Å². The molecule has 5 heteroatoms. The van der Waals surface area contributed by atoms with Gasteiger partial charge >= 0.3 is 0 Å². The third-order valence-corrected chi connectivity index (χ3v) is 3.11. The van der Waals surface area contributed by atoms with E-state index in [0.29, 0.717) is 12.0 Å². The summed E-state index contributed by atoms with van der Waals surface area (Å²) >= 11 is 0. The molecule has 1 atom stereocenters. The zero-order chi connectivity index (χ0) is 13.3. The maximum absolute atomic E-state index is 13.6. The van der Waals surface area contributed by atoms with Crippen molar-refractivity contribution in [3.63, 3.8) is 0 Å². The quantitative estimate of drug-likeness (QED) is 0.848. The number of carbonyl (C=O) groups excluding carboxylic acids is 1. The van der Waals surface area contributed by atoms with Crippen LogP contribution < -0.4 is 11.1 Å². The van der Waals surface area contributed by atoms with Crippen LogP contribution in [0.1, 0.15) is 36.5 Å². The number of hydrogen-bond donors (Lipinski definition) is 2. The van der Waals surface area contributed by atoms with E-state index in [0.717, 1.165) is 12.5 Å². The Morgan fingerprint density at radius 2 is 2.11 bits per heavy atom. The first kappa shape index (κ1) is 12.8. The minimum Gasteiger partial charge on any atom is -0.380 e. The molecule has 1 aliphatic rings. The summed E-state index contributed by atoms with van der Waals surface area (Å²) in [5.74, 6) is -1.84. The number of carbonyl (C=O) groups is 1. The standard InChI is InChI=1S/C13H16F2N2O/c1-7(4-8-2-3-8)17-12-5-9(13(16)18)10(14)6-11(12)15/h5-8,17H,2-4H2,1H3,(H2,16,18). The molecule has 0 aromatic heterocycles. The molecule has 1 saturated carbocycles. The van der Waals surface area contributed by atoms with Crippen molar-refractivity contribution in [3.8, 4) is 0 Å². The Bertz CT molecular complexity index is 472. The predicted octanol–water partition coefficient (Wildman–Crippen LogP) is 2.66. The SMILES string of the molecule is CC(CC1CC1)Nc1cc(C(N)=O)c(F)cc1F. The third kappa shape index (κ3) is 2.97. The molecule has 18 heavy (non-hydrogen) atoms. The van der Waals surface area contributed by atoms with Gasteiger partial charge in [-0.3, -0.25) is 4.79 Å². The van der Waals surface area contributed by atoms with E-state index in [1.807, 2.05) is 6.92 Å². The fourth-order valence-electron chi connectivity index (χ4n) is 2.03. The lowest BCUT2D eigenvalue weighted by molar-refractivity contribution is 0.0996. The van der Waals surface area contributed by atoms with Crippen LogP contribution in [0.25, 0.3) is 0 Å². The van der Waals surface area contributed by atoms with Gasteiger partial charge in [-0.15, -0.1) is 0 Å². The molecule has 1 aromatic carbocycles. The van der Waals surface area contributed by atoms with Crippen LogP contribution in [0.2, 0.25) is 0 Å². The molecule has 98 valence electrons. The summed E-state index contributed by atoms with van der Waals surface area (Å²) in [6, 6.07) is 1.90. The second kappa shape index (κ2) is 4.92. The van der Waals surface area contributed by atoms with E-state index in [9.17, 15) is 13.6 Å². The van der Waals surface area contributed by atoms with Gasteiger partial charge in [0.1, 0.15) is 11.6 Å². The number of primary amides is 1. The summed E-state index contributed by atoms with van der Waals surface area (Å²) < 4.78 is 26.8. The van der Waals surface area contributed by atoms with Gasteiger partial charge in [-0.05, 0) is 25.3 Å². The molecule has 1 aliphatic carbocycles. The van der Waals surface area contributed by atoms with Crippen LogP contribution in [-0.2, 0) is 0 Å². The van der Waals surface area contributed by atoms with Crippen molar-refractivity contribution >= 4 is 11.6 Å². The highest BCUT2D eigenvalue weighted by Gasteiger charge is 2.24. The van der Waals surface area contributed by atoms with Crippen molar-refractivity contribution < 1.29 is 13.6 Å². The van der Waals surface area contributed by atoms with Crippen LogP contribution >= 0.6 is 0 Å². The second-order valence-electron chi connectivity index (χ2n) is 4.90. The minimum atomic E-state index is -0.930. The number of hydrogen-bond acceptors (Lipinski definition) is 2. The van der Waals surface area contributed by atoms with E-state index in [2.05, 4.69) is 5.32 Å². The molecule has 0 bridgehead atoms. The summed E-state index contributed by atoms with van der Waals surface area (Å²) in [5.41, 5.74) is 4.86. The zero-order valence-electron chi connectivity index (χ0n) is 10.2. The number of anilines is 1. The second-order valence-corrected chi connectivity index (χ2v) is 4.90. The summed E-state index contributed by atoms with van der Waals surface area (Å²) in [6.45, 7) is 1.94. The van der Waals surface area contributed by atoms with E-state index in [-0.39, 0.29) is 17.3 Å². The van der Waals surface area contributed by atoms with Gasteiger partial charge in [0.25, 0.3) is 5.91 Å². The normalized spacial score (nSPS) is 16.4. The molecule has 0 aliphatic heterocycles. The average molecular weight is 254 g/mol. The maximum atomic E-state index is 13.6. The number of amides is 1. The highest BCUT2D eigenvalue weighted by molar-refractivity contribution is 5.94. The fourth-order valence-corrected chi connectivity index (χ4v) is 2.03. The van der Waals surface area contributed by atoms with E-state index in [1.165, 1.54) is 12.8 Å². The van der Waals surface area contributed by atoms with Crippen molar-refractivity contribution in [3.05, 3.63) is 29.3 Å². The van der Waals surface area contributed by atoms with Crippen molar-refractivity contribution in [1.29, 1.82) is 0 Å². The summed E-state index contributed by atoms with van der Waals surface area (Å²) in [6.07, 6.45) is 3.37. The third-order valence-electron chi connectivity index (χ3n) is 3.11. The van der Waals surface area contributed by atoms with Crippen LogP contribution in [0.3, 0.4) is 0 Å². The van der Waals surface area contributed by atoms with E-state index >= 15 is 0 Å². The highest BCUT2D eigenvalue weighted by Crippen LogP contribution is 2.34. The maximum Gasteiger partial charge on any atom is 0.251 e. The van der Waals surface area contributed by atoms with Crippen molar-refractivity contribution in [2.45, 2.75) is 32.2 Å². The van der Waals surface area contributed by atoms with Gasteiger partial charge in [-0.2, -0.15) is 0 Å². The molecule has 0 saturated heterocycles. The summed E-state index contributed by atoms with van der Waals surface area (Å²) in [7, 11) is 0. The Kier molecular flexibility index (Phi) is 3.50. The Morgan fingerprint density at radius 1 is 1.44 bits per heavy atom. The lowest BCUT2D eigenvalue weighted by Crippen LogP contribution is -2.19. The molecular formula is C13H16F2N2O. The van der Waals surface area contributed by atoms with Crippen LogP contribution in [0.15, 0.2) is 12.1 Å². The summed E-state index contributed by atoms with van der Waals surface area (Å²) in [4.78, 5) is 11.0. The monoisotopic (exact) mass is 254 g/mol. The van der Waals surface area contributed by atoms with E-state index < -0.39 is 17.5 Å². The predicted molar refractivity (Wildman–Crippen MR) is 65.3 cm³/mol. The highest BCUT2D eigenvalue weighted by atomic mass is 19.1. The minimum absolute atomic E-state index is 0.0817. The largest absolute Gasteiger partial charge is 0.380 e.